The monoisotopic (exact) mass is 721 g/mol. The highest BCUT2D eigenvalue weighted by Gasteiger charge is 2.14. The molecular weight excluding hydrogens is 629 g/mol. The molecule has 0 rings (SSSR count). The van der Waals surface area contributed by atoms with Gasteiger partial charge in [-0.15, -0.1) is 0 Å². The van der Waals surface area contributed by atoms with E-state index in [9.17, 15) is 9.59 Å². The number of ether oxygens (including phenoxy) is 1. The van der Waals surface area contributed by atoms with Crippen molar-refractivity contribution in [2.75, 3.05) is 0 Å². The summed E-state index contributed by atoms with van der Waals surface area (Å²) in [5.74, 6) is -0.682. The molecule has 0 aliphatic heterocycles. The summed E-state index contributed by atoms with van der Waals surface area (Å²) in [7, 11) is 0. The third kappa shape index (κ3) is 43.2. The van der Waals surface area contributed by atoms with Crippen LogP contribution in [0.1, 0.15) is 284 Å². The standard InChI is InChI=1S/C47H92O4/c1-3-5-7-9-11-13-15-17-19-20-21-22-23-25-27-29-31-36-40-44-47(50)51-45(42-38-34-32-35-39-43-46(48)49)41-37-33-30-28-26-24-18-16-14-12-10-8-6-4-2/h45H,3-44H2,1-2H3,(H,48,49). The van der Waals surface area contributed by atoms with E-state index < -0.39 is 5.97 Å². The molecule has 0 saturated carbocycles. The Kier molecular flexibility index (Phi) is 42.4. The van der Waals surface area contributed by atoms with E-state index in [4.69, 9.17) is 9.84 Å². The lowest BCUT2D eigenvalue weighted by molar-refractivity contribution is -0.150. The Bertz CT molecular complexity index is 692. The molecule has 4 nitrogen and oxygen atoms in total. The number of hydrogen-bond acceptors (Lipinski definition) is 3. The van der Waals surface area contributed by atoms with Gasteiger partial charge in [-0.2, -0.15) is 0 Å². The Labute approximate surface area is 320 Å². The highest BCUT2D eigenvalue weighted by atomic mass is 16.5. The summed E-state index contributed by atoms with van der Waals surface area (Å²) in [4.78, 5) is 23.5. The van der Waals surface area contributed by atoms with Crippen LogP contribution in [0.5, 0.6) is 0 Å². The van der Waals surface area contributed by atoms with Gasteiger partial charge in [-0.05, 0) is 38.5 Å². The van der Waals surface area contributed by atoms with Gasteiger partial charge in [-0.25, -0.2) is 0 Å². The van der Waals surface area contributed by atoms with Crippen LogP contribution in [0, 0.1) is 0 Å². The fraction of sp³-hybridized carbons (Fsp3) is 0.957. The molecule has 0 bridgehead atoms. The van der Waals surface area contributed by atoms with Gasteiger partial charge >= 0.3 is 11.9 Å². The summed E-state index contributed by atoms with van der Waals surface area (Å²) in [6.45, 7) is 4.58. The van der Waals surface area contributed by atoms with Crippen LogP contribution in [-0.4, -0.2) is 23.1 Å². The molecule has 0 fully saturated rings. The summed E-state index contributed by atoms with van der Waals surface area (Å²) in [6, 6.07) is 0. The van der Waals surface area contributed by atoms with Gasteiger partial charge in [0, 0.05) is 12.8 Å². The lowest BCUT2D eigenvalue weighted by atomic mass is 10.0. The Hall–Kier alpha value is -1.06. The number of carbonyl (C=O) groups is 2. The number of unbranched alkanes of at least 4 members (excludes halogenated alkanes) is 35. The molecule has 4 heteroatoms. The van der Waals surface area contributed by atoms with Gasteiger partial charge in [-0.3, -0.25) is 9.59 Å². The molecule has 304 valence electrons. The van der Waals surface area contributed by atoms with Crippen LogP contribution in [0.4, 0.5) is 0 Å². The minimum absolute atomic E-state index is 0.0128. The Morgan fingerprint density at radius 3 is 0.863 bits per heavy atom. The van der Waals surface area contributed by atoms with Crippen LogP contribution in [0.15, 0.2) is 0 Å². The van der Waals surface area contributed by atoms with E-state index in [0.717, 1.165) is 64.2 Å². The number of hydrogen-bond donors (Lipinski definition) is 1. The summed E-state index contributed by atoms with van der Waals surface area (Å²) >= 11 is 0. The second kappa shape index (κ2) is 43.3. The lowest BCUT2D eigenvalue weighted by Gasteiger charge is -2.18. The zero-order chi connectivity index (χ0) is 37.1. The van der Waals surface area contributed by atoms with Crippen molar-refractivity contribution in [1.29, 1.82) is 0 Å². The van der Waals surface area contributed by atoms with Crippen molar-refractivity contribution in [3.63, 3.8) is 0 Å². The lowest BCUT2D eigenvalue weighted by Crippen LogP contribution is -2.18. The number of rotatable bonds is 44. The van der Waals surface area contributed by atoms with E-state index in [1.165, 1.54) is 193 Å². The van der Waals surface area contributed by atoms with Crippen molar-refractivity contribution in [1.82, 2.24) is 0 Å². The molecule has 51 heavy (non-hydrogen) atoms. The number of carboxylic acids is 1. The SMILES string of the molecule is CCCCCCCCCCCCCCCCCCCCCC(=O)OC(CCCCCCCCCCCCCCCC)CCCCCCCC(=O)O. The van der Waals surface area contributed by atoms with Gasteiger partial charge in [0.15, 0.2) is 0 Å². The van der Waals surface area contributed by atoms with Crippen LogP contribution in [0.2, 0.25) is 0 Å². The molecule has 0 saturated heterocycles. The molecule has 0 spiro atoms. The average molecular weight is 721 g/mol. The van der Waals surface area contributed by atoms with Crippen LogP contribution in [0.3, 0.4) is 0 Å². The van der Waals surface area contributed by atoms with Gasteiger partial charge in [0.1, 0.15) is 6.10 Å². The Balaban J connectivity index is 3.90. The van der Waals surface area contributed by atoms with Gasteiger partial charge < -0.3 is 9.84 Å². The van der Waals surface area contributed by atoms with Crippen LogP contribution >= 0.6 is 0 Å². The van der Waals surface area contributed by atoms with E-state index in [2.05, 4.69) is 13.8 Å². The fourth-order valence-electron chi connectivity index (χ4n) is 7.60. The van der Waals surface area contributed by atoms with E-state index in [1.807, 2.05) is 0 Å². The topological polar surface area (TPSA) is 63.6 Å². The fourth-order valence-corrected chi connectivity index (χ4v) is 7.60. The first-order valence-electron chi connectivity index (χ1n) is 23.5. The Morgan fingerprint density at radius 1 is 0.353 bits per heavy atom. The van der Waals surface area contributed by atoms with Gasteiger partial charge in [0.2, 0.25) is 0 Å². The van der Waals surface area contributed by atoms with Crippen LogP contribution < -0.4 is 0 Å². The maximum absolute atomic E-state index is 12.7. The molecule has 1 atom stereocenters. The molecule has 1 N–H and O–H groups in total. The number of esters is 1. The van der Waals surface area contributed by atoms with Gasteiger partial charge in [-0.1, -0.05) is 232 Å². The second-order valence-electron chi connectivity index (χ2n) is 16.3. The van der Waals surface area contributed by atoms with Crippen LogP contribution in [-0.2, 0) is 14.3 Å². The van der Waals surface area contributed by atoms with Crippen LogP contribution in [0.25, 0.3) is 0 Å². The Morgan fingerprint density at radius 2 is 0.588 bits per heavy atom. The molecule has 0 radical (unpaired) electrons. The molecule has 0 aromatic carbocycles. The molecule has 0 aliphatic carbocycles. The van der Waals surface area contributed by atoms with Crippen molar-refractivity contribution in [3.8, 4) is 0 Å². The van der Waals surface area contributed by atoms with Crippen molar-refractivity contribution < 1.29 is 19.4 Å². The average Bonchev–Trinajstić information content (AvgIpc) is 3.12. The molecular formula is C47H92O4. The smallest absolute Gasteiger partial charge is 0.306 e. The third-order valence-corrected chi connectivity index (χ3v) is 11.1. The summed E-state index contributed by atoms with van der Waals surface area (Å²) in [5.41, 5.74) is 0. The second-order valence-corrected chi connectivity index (χ2v) is 16.3. The largest absolute Gasteiger partial charge is 0.481 e. The van der Waals surface area contributed by atoms with E-state index in [1.54, 1.807) is 0 Å². The van der Waals surface area contributed by atoms with Gasteiger partial charge in [0.05, 0.1) is 0 Å². The number of carboxylic acid groups (broad SMARTS) is 1. The van der Waals surface area contributed by atoms with Crippen molar-refractivity contribution in [2.24, 2.45) is 0 Å². The quantitative estimate of drug-likeness (QED) is 0.0503. The number of carbonyl (C=O) groups excluding carboxylic acids is 1. The highest BCUT2D eigenvalue weighted by Crippen LogP contribution is 2.20. The third-order valence-electron chi connectivity index (χ3n) is 11.1. The first-order chi connectivity index (χ1) is 25.1. The van der Waals surface area contributed by atoms with E-state index in [-0.39, 0.29) is 18.5 Å². The molecule has 0 aromatic rings. The summed E-state index contributed by atoms with van der Waals surface area (Å²) < 4.78 is 6.04. The molecule has 1 unspecified atom stereocenters. The zero-order valence-electron chi connectivity index (χ0n) is 34.9. The predicted molar refractivity (Wildman–Crippen MR) is 223 cm³/mol. The first kappa shape index (κ1) is 49.9. The summed E-state index contributed by atoms with van der Waals surface area (Å²) in [5, 5.41) is 8.85. The maximum Gasteiger partial charge on any atom is 0.306 e. The minimum atomic E-state index is -0.694. The predicted octanol–water partition coefficient (Wildman–Crippen LogP) is 16.4. The van der Waals surface area contributed by atoms with Gasteiger partial charge in [0.25, 0.3) is 0 Å². The molecule has 0 aromatic heterocycles. The molecule has 0 aliphatic rings. The van der Waals surface area contributed by atoms with E-state index >= 15 is 0 Å². The zero-order valence-corrected chi connectivity index (χ0v) is 34.9. The molecule has 0 amide bonds. The minimum Gasteiger partial charge on any atom is -0.481 e. The summed E-state index contributed by atoms with van der Waals surface area (Å²) in [6.07, 6.45) is 52.9. The maximum atomic E-state index is 12.7. The highest BCUT2D eigenvalue weighted by molar-refractivity contribution is 5.69. The van der Waals surface area contributed by atoms with Crippen molar-refractivity contribution in [2.45, 2.75) is 290 Å². The van der Waals surface area contributed by atoms with E-state index in [0.29, 0.717) is 6.42 Å². The molecule has 0 heterocycles. The first-order valence-corrected chi connectivity index (χ1v) is 23.5. The normalized spacial score (nSPS) is 12.0. The van der Waals surface area contributed by atoms with Crippen molar-refractivity contribution in [3.05, 3.63) is 0 Å². The van der Waals surface area contributed by atoms with Crippen molar-refractivity contribution >= 4 is 11.9 Å². The number of aliphatic carboxylic acids is 1.